The minimum Gasteiger partial charge on any atom is -0.383 e. The minimum atomic E-state index is -4.71. The van der Waals surface area contributed by atoms with E-state index < -0.39 is 41.0 Å². The molecule has 0 atom stereocenters. The van der Waals surface area contributed by atoms with Gasteiger partial charge in [-0.3, -0.25) is 23.9 Å². The van der Waals surface area contributed by atoms with Gasteiger partial charge in [-0.1, -0.05) is 37.3 Å². The van der Waals surface area contributed by atoms with Crippen LogP contribution in [-0.4, -0.2) is 26.6 Å². The van der Waals surface area contributed by atoms with Crippen molar-refractivity contribution in [2.24, 2.45) is 0 Å². The number of rotatable bonds is 7. The lowest BCUT2D eigenvalue weighted by molar-refractivity contribution is -0.138. The number of benzene rings is 1. The Bertz CT molecular complexity index is 1360. The number of anilines is 2. The quantitative estimate of drug-likeness (QED) is 0.537. The van der Waals surface area contributed by atoms with Crippen LogP contribution in [0.1, 0.15) is 24.5 Å². The lowest BCUT2D eigenvalue weighted by atomic mass is 10.2. The monoisotopic (exact) mass is 477 g/mol. The van der Waals surface area contributed by atoms with Crippen LogP contribution >= 0.6 is 0 Å². The van der Waals surface area contributed by atoms with Crippen molar-refractivity contribution in [2.75, 3.05) is 17.2 Å². The van der Waals surface area contributed by atoms with E-state index in [4.69, 9.17) is 5.73 Å². The predicted octanol–water partition coefficient (Wildman–Crippen LogP) is 1.79. The second kappa shape index (κ2) is 9.81. The molecule has 2 aromatic heterocycles. The molecule has 0 fully saturated rings. The Morgan fingerprint density at radius 2 is 1.76 bits per heavy atom. The van der Waals surface area contributed by atoms with Crippen molar-refractivity contribution in [3.63, 3.8) is 0 Å². The van der Waals surface area contributed by atoms with Gasteiger partial charge in [-0.15, -0.1) is 0 Å². The van der Waals surface area contributed by atoms with Gasteiger partial charge in [-0.05, 0) is 18.1 Å². The smallest absolute Gasteiger partial charge is 0.383 e. The summed E-state index contributed by atoms with van der Waals surface area (Å²) >= 11 is 0. The number of alkyl halides is 3. The number of carbonyl (C=O) groups is 1. The third kappa shape index (κ3) is 5.27. The Hall–Kier alpha value is -4.09. The first-order valence-corrected chi connectivity index (χ1v) is 10.3. The molecule has 0 radical (unpaired) electrons. The molecule has 1 aromatic carbocycles. The van der Waals surface area contributed by atoms with Crippen LogP contribution in [0.2, 0.25) is 0 Å². The number of aromatic amines is 1. The molecule has 1 amide bonds. The predicted molar refractivity (Wildman–Crippen MR) is 120 cm³/mol. The van der Waals surface area contributed by atoms with E-state index in [0.29, 0.717) is 34.9 Å². The molecule has 0 aliphatic carbocycles. The number of H-pyrrole nitrogens is 1. The molecule has 34 heavy (non-hydrogen) atoms. The second-order valence-electron chi connectivity index (χ2n) is 7.49. The average molecular weight is 477 g/mol. The second-order valence-corrected chi connectivity index (χ2v) is 7.49. The van der Waals surface area contributed by atoms with Gasteiger partial charge in [0.25, 0.3) is 11.1 Å². The van der Waals surface area contributed by atoms with E-state index in [9.17, 15) is 32.3 Å². The number of aromatic nitrogens is 3. The maximum Gasteiger partial charge on any atom is 0.417 e. The zero-order chi connectivity index (χ0) is 25.0. The molecule has 0 spiro atoms. The molecular weight excluding hydrogens is 455 g/mol. The summed E-state index contributed by atoms with van der Waals surface area (Å²) in [4.78, 5) is 53.3. The summed E-state index contributed by atoms with van der Waals surface area (Å²) in [6, 6.07) is 10.1. The molecule has 0 aliphatic heterocycles. The molecule has 12 heteroatoms. The highest BCUT2D eigenvalue weighted by Crippen LogP contribution is 2.28. The number of hydrogen-bond donors (Lipinski definition) is 2. The highest BCUT2D eigenvalue weighted by atomic mass is 19.4. The molecule has 3 rings (SSSR count). The van der Waals surface area contributed by atoms with E-state index >= 15 is 0 Å². The van der Waals surface area contributed by atoms with Crippen LogP contribution in [0.15, 0.2) is 63.0 Å². The molecule has 0 aliphatic rings. The molecule has 2 heterocycles. The summed E-state index contributed by atoms with van der Waals surface area (Å²) in [5.41, 5.74) is 2.89. The Balaban J connectivity index is 2.03. The van der Waals surface area contributed by atoms with Gasteiger partial charge in [0.2, 0.25) is 5.91 Å². The fourth-order valence-corrected chi connectivity index (χ4v) is 3.40. The number of halogens is 3. The van der Waals surface area contributed by atoms with Crippen LogP contribution in [-0.2, 0) is 24.1 Å². The van der Waals surface area contributed by atoms with Crippen molar-refractivity contribution in [1.82, 2.24) is 14.1 Å². The summed E-state index contributed by atoms with van der Waals surface area (Å²) in [7, 11) is 0. The number of nitrogen functional groups attached to an aromatic ring is 1. The zero-order valence-electron chi connectivity index (χ0n) is 18.1. The van der Waals surface area contributed by atoms with Crippen molar-refractivity contribution >= 4 is 17.4 Å². The van der Waals surface area contributed by atoms with E-state index in [1.54, 1.807) is 37.3 Å². The van der Waals surface area contributed by atoms with Gasteiger partial charge in [0.05, 0.1) is 12.1 Å². The van der Waals surface area contributed by atoms with Crippen molar-refractivity contribution < 1.29 is 18.0 Å². The summed E-state index contributed by atoms with van der Waals surface area (Å²) < 4.78 is 40.8. The fourth-order valence-electron chi connectivity index (χ4n) is 3.40. The molecule has 0 saturated heterocycles. The van der Waals surface area contributed by atoms with E-state index in [2.05, 4.69) is 4.98 Å². The number of nitrogens with zero attached hydrogens (tertiary/aromatic N) is 3. The van der Waals surface area contributed by atoms with Crippen LogP contribution < -0.4 is 27.4 Å². The lowest BCUT2D eigenvalue weighted by Gasteiger charge is -2.24. The van der Waals surface area contributed by atoms with Gasteiger partial charge in [0, 0.05) is 18.8 Å². The van der Waals surface area contributed by atoms with Crippen LogP contribution in [0.5, 0.6) is 0 Å². The maximum atomic E-state index is 13.1. The highest BCUT2D eigenvalue weighted by molar-refractivity contribution is 5.95. The minimum absolute atomic E-state index is 0.0104. The van der Waals surface area contributed by atoms with Gasteiger partial charge >= 0.3 is 11.9 Å². The number of nitrogens with two attached hydrogens (primary N) is 1. The topological polar surface area (TPSA) is 123 Å². The first kappa shape index (κ1) is 24.6. The van der Waals surface area contributed by atoms with Crippen LogP contribution in [0, 0.1) is 0 Å². The molecule has 9 nitrogen and oxygen atoms in total. The standard InChI is InChI=1S/C22H22F3N5O4/c1-2-10-29(17(32)13-28-12-15(22(23,24)25)8-9-16(28)31)18-19(26)30(21(34)27-20(18)33)11-14-6-4-3-5-7-14/h3-9,12H,2,10-11,13,26H2,1H3,(H,27,33,34). The molecule has 0 saturated carbocycles. The van der Waals surface area contributed by atoms with Crippen molar-refractivity contribution in [1.29, 1.82) is 0 Å². The first-order chi connectivity index (χ1) is 16.0. The first-order valence-electron chi connectivity index (χ1n) is 10.3. The highest BCUT2D eigenvalue weighted by Gasteiger charge is 2.31. The SMILES string of the molecule is CCCN(C(=O)Cn1cc(C(F)(F)F)ccc1=O)c1c(N)n(Cc2ccccc2)c(=O)[nH]c1=O. The molecule has 3 N–H and O–H groups in total. The molecule has 0 bridgehead atoms. The molecule has 0 unspecified atom stereocenters. The Labute approximate surface area is 190 Å². The fraction of sp³-hybridized carbons (Fsp3) is 0.273. The van der Waals surface area contributed by atoms with Gasteiger partial charge in [0.1, 0.15) is 12.4 Å². The number of carbonyl (C=O) groups excluding carboxylic acids is 1. The number of pyridine rings is 1. The summed E-state index contributed by atoms with van der Waals surface area (Å²) in [6.07, 6.45) is -3.82. The van der Waals surface area contributed by atoms with Crippen molar-refractivity contribution in [3.8, 4) is 0 Å². The van der Waals surface area contributed by atoms with Gasteiger partial charge in [0.15, 0.2) is 5.69 Å². The summed E-state index contributed by atoms with van der Waals surface area (Å²) in [6.45, 7) is 0.931. The lowest BCUT2D eigenvalue weighted by Crippen LogP contribution is -2.43. The van der Waals surface area contributed by atoms with E-state index in [-0.39, 0.29) is 24.6 Å². The molecule has 180 valence electrons. The third-order valence-corrected chi connectivity index (χ3v) is 5.03. The Kier molecular flexibility index (Phi) is 7.08. The van der Waals surface area contributed by atoms with E-state index in [1.165, 1.54) is 0 Å². The number of hydrogen-bond acceptors (Lipinski definition) is 5. The van der Waals surface area contributed by atoms with E-state index in [1.807, 2.05) is 0 Å². The molecule has 3 aromatic rings. The van der Waals surface area contributed by atoms with Gasteiger partial charge in [-0.25, -0.2) is 4.79 Å². The normalized spacial score (nSPS) is 11.4. The maximum absolute atomic E-state index is 13.1. The van der Waals surface area contributed by atoms with Crippen LogP contribution in [0.4, 0.5) is 24.7 Å². The summed E-state index contributed by atoms with van der Waals surface area (Å²) in [5.74, 6) is -1.12. The Morgan fingerprint density at radius 1 is 1.09 bits per heavy atom. The Morgan fingerprint density at radius 3 is 2.38 bits per heavy atom. The number of amides is 1. The third-order valence-electron chi connectivity index (χ3n) is 5.03. The summed E-state index contributed by atoms with van der Waals surface area (Å²) in [5, 5.41) is 0. The van der Waals surface area contributed by atoms with Gasteiger partial charge < -0.3 is 15.2 Å². The van der Waals surface area contributed by atoms with Crippen molar-refractivity contribution in [2.45, 2.75) is 32.6 Å². The van der Waals surface area contributed by atoms with Crippen LogP contribution in [0.25, 0.3) is 0 Å². The van der Waals surface area contributed by atoms with Gasteiger partial charge in [-0.2, -0.15) is 13.2 Å². The van der Waals surface area contributed by atoms with Crippen LogP contribution in [0.3, 0.4) is 0 Å². The molecular formula is C22H22F3N5O4. The average Bonchev–Trinajstić information content (AvgIpc) is 2.77. The van der Waals surface area contributed by atoms with E-state index in [0.717, 1.165) is 9.47 Å². The number of nitrogens with one attached hydrogen (secondary N) is 1. The zero-order valence-corrected chi connectivity index (χ0v) is 18.1. The largest absolute Gasteiger partial charge is 0.417 e. The van der Waals surface area contributed by atoms with Crippen molar-refractivity contribution in [3.05, 3.63) is 91.0 Å².